The summed E-state index contributed by atoms with van der Waals surface area (Å²) in [6.45, 7) is 3.68. The van der Waals surface area contributed by atoms with E-state index in [9.17, 15) is 18.2 Å². The molecule has 6 nitrogen and oxygen atoms in total. The molecule has 0 aliphatic heterocycles. The Labute approximate surface area is 189 Å². The van der Waals surface area contributed by atoms with Crippen molar-refractivity contribution < 1.29 is 22.8 Å². The van der Waals surface area contributed by atoms with Gasteiger partial charge in [0.05, 0.1) is 22.6 Å². The lowest BCUT2D eigenvalue weighted by molar-refractivity contribution is 0.392. The van der Waals surface area contributed by atoms with Crippen LogP contribution < -0.4 is 9.96 Å². The maximum Gasteiger partial charge on any atom is 0.426 e. The van der Waals surface area contributed by atoms with Crippen molar-refractivity contribution in [3.8, 4) is 17.0 Å². The Bertz CT molecular complexity index is 1350. The minimum Gasteiger partial charge on any atom is -0.420 e. The van der Waals surface area contributed by atoms with Crippen molar-refractivity contribution >= 4 is 13.0 Å². The third kappa shape index (κ3) is 4.82. The standard InChI is InChI=1S/C24H20F2N3O3P/c1-24(2,19-11-6-10-18(27-19)17-14-15-21(25)29-23(17)26)20-12-7-13-22(28-20)33(30,31)32-16-8-4-3-5-9-16/h3-15H,1-2H3,(H,30,31). The first-order valence-electron chi connectivity index (χ1n) is 10.0. The SMILES string of the molecule is CC(C)(c1cccc(-c2ccc(F)nc2F)n1)c1cccc(P(=O)(O)Oc2ccccc2)n1. The molecule has 0 amide bonds. The van der Waals surface area contributed by atoms with Gasteiger partial charge in [0.2, 0.25) is 11.9 Å². The molecule has 1 atom stereocenters. The average molecular weight is 467 g/mol. The number of pyridine rings is 3. The van der Waals surface area contributed by atoms with Gasteiger partial charge >= 0.3 is 7.60 Å². The minimum absolute atomic E-state index is 0.0619. The number of benzene rings is 1. The van der Waals surface area contributed by atoms with Crippen LogP contribution in [0.25, 0.3) is 11.3 Å². The van der Waals surface area contributed by atoms with Crippen LogP contribution in [0.2, 0.25) is 0 Å². The fourth-order valence-electron chi connectivity index (χ4n) is 3.27. The molecule has 3 heterocycles. The average Bonchev–Trinajstić information content (AvgIpc) is 2.80. The maximum absolute atomic E-state index is 14.2. The third-order valence-electron chi connectivity index (χ3n) is 5.12. The van der Waals surface area contributed by atoms with Crippen molar-refractivity contribution in [2.75, 3.05) is 0 Å². The number of para-hydroxylation sites is 1. The maximum atomic E-state index is 14.2. The molecule has 168 valence electrons. The van der Waals surface area contributed by atoms with E-state index in [0.29, 0.717) is 11.4 Å². The van der Waals surface area contributed by atoms with Crippen molar-refractivity contribution in [2.45, 2.75) is 19.3 Å². The lowest BCUT2D eigenvalue weighted by Crippen LogP contribution is -2.26. The second-order valence-corrected chi connectivity index (χ2v) is 9.49. The lowest BCUT2D eigenvalue weighted by Gasteiger charge is -2.25. The molecule has 4 aromatic rings. The van der Waals surface area contributed by atoms with Gasteiger partial charge in [0, 0.05) is 5.41 Å². The van der Waals surface area contributed by atoms with Crippen LogP contribution in [0.3, 0.4) is 0 Å². The topological polar surface area (TPSA) is 85.2 Å². The minimum atomic E-state index is -4.25. The van der Waals surface area contributed by atoms with Crippen molar-refractivity contribution in [1.82, 2.24) is 15.0 Å². The van der Waals surface area contributed by atoms with E-state index in [1.807, 2.05) is 13.8 Å². The van der Waals surface area contributed by atoms with Crippen LogP contribution in [0.5, 0.6) is 5.75 Å². The van der Waals surface area contributed by atoms with Crippen LogP contribution in [-0.2, 0) is 9.98 Å². The highest BCUT2D eigenvalue weighted by Gasteiger charge is 2.31. The van der Waals surface area contributed by atoms with E-state index in [2.05, 4.69) is 15.0 Å². The van der Waals surface area contributed by atoms with E-state index >= 15 is 0 Å². The molecule has 0 saturated heterocycles. The van der Waals surface area contributed by atoms with Crippen LogP contribution in [-0.4, -0.2) is 19.8 Å². The smallest absolute Gasteiger partial charge is 0.420 e. The summed E-state index contributed by atoms with van der Waals surface area (Å²) in [5.41, 5.74) is 0.414. The fourth-order valence-corrected chi connectivity index (χ4v) is 4.28. The normalized spacial score (nSPS) is 13.4. The van der Waals surface area contributed by atoms with Gasteiger partial charge < -0.3 is 9.42 Å². The Morgan fingerprint density at radius 3 is 2.18 bits per heavy atom. The van der Waals surface area contributed by atoms with Gasteiger partial charge in [-0.15, -0.1) is 0 Å². The summed E-state index contributed by atoms with van der Waals surface area (Å²) in [5.74, 6) is -1.63. The van der Waals surface area contributed by atoms with Crippen molar-refractivity contribution in [1.29, 1.82) is 0 Å². The molecule has 1 aromatic carbocycles. The monoisotopic (exact) mass is 467 g/mol. The van der Waals surface area contributed by atoms with Crippen LogP contribution >= 0.6 is 7.60 Å². The predicted molar refractivity (Wildman–Crippen MR) is 120 cm³/mol. The molecule has 3 aromatic heterocycles. The molecule has 0 spiro atoms. The highest BCUT2D eigenvalue weighted by atomic mass is 31.2. The van der Waals surface area contributed by atoms with Crippen LogP contribution in [0.1, 0.15) is 25.2 Å². The van der Waals surface area contributed by atoms with Crippen LogP contribution in [0.4, 0.5) is 8.78 Å². The van der Waals surface area contributed by atoms with Crippen LogP contribution in [0, 0.1) is 11.9 Å². The number of rotatable bonds is 6. The van der Waals surface area contributed by atoms with Gasteiger partial charge in [0.15, 0.2) is 5.44 Å². The first kappa shape index (κ1) is 22.7. The quantitative estimate of drug-likeness (QED) is 0.316. The predicted octanol–water partition coefficient (Wildman–Crippen LogP) is 5.03. The van der Waals surface area contributed by atoms with E-state index in [0.717, 1.165) is 6.07 Å². The molecular formula is C24H20F2N3O3P. The number of aromatic nitrogens is 3. The molecule has 0 fully saturated rings. The molecule has 0 aliphatic rings. The summed E-state index contributed by atoms with van der Waals surface area (Å²) in [7, 11) is -4.25. The summed E-state index contributed by atoms with van der Waals surface area (Å²) in [5, 5.41) is 0. The Balaban J connectivity index is 1.69. The number of hydrogen-bond donors (Lipinski definition) is 1. The van der Waals surface area contributed by atoms with Gasteiger partial charge in [0.1, 0.15) is 5.75 Å². The van der Waals surface area contributed by atoms with E-state index in [-0.39, 0.29) is 22.4 Å². The van der Waals surface area contributed by atoms with Crippen molar-refractivity contribution in [3.63, 3.8) is 0 Å². The summed E-state index contributed by atoms with van der Waals surface area (Å²) in [6, 6.07) is 20.4. The summed E-state index contributed by atoms with van der Waals surface area (Å²) in [6.07, 6.45) is 0. The zero-order valence-corrected chi connectivity index (χ0v) is 18.7. The summed E-state index contributed by atoms with van der Waals surface area (Å²) < 4.78 is 45.6. The van der Waals surface area contributed by atoms with Gasteiger partial charge in [-0.2, -0.15) is 13.8 Å². The number of hydrogen-bond acceptors (Lipinski definition) is 5. The Hall–Kier alpha value is -3.48. The molecule has 0 radical (unpaired) electrons. The second-order valence-electron chi connectivity index (χ2n) is 7.81. The molecule has 1 unspecified atom stereocenters. The lowest BCUT2D eigenvalue weighted by atomic mass is 9.84. The number of nitrogens with zero attached hydrogens (tertiary/aromatic N) is 3. The van der Waals surface area contributed by atoms with Gasteiger partial charge in [-0.1, -0.05) is 30.3 Å². The van der Waals surface area contributed by atoms with E-state index < -0.39 is 24.9 Å². The molecule has 0 bridgehead atoms. The Morgan fingerprint density at radius 1 is 0.818 bits per heavy atom. The zero-order valence-electron chi connectivity index (χ0n) is 17.8. The summed E-state index contributed by atoms with van der Waals surface area (Å²) in [4.78, 5) is 22.7. The van der Waals surface area contributed by atoms with Crippen molar-refractivity contribution in [3.05, 3.63) is 102 Å². The highest BCUT2D eigenvalue weighted by molar-refractivity contribution is 7.61. The van der Waals surface area contributed by atoms with Crippen molar-refractivity contribution in [2.24, 2.45) is 0 Å². The third-order valence-corrected chi connectivity index (χ3v) is 6.40. The Kier molecular flexibility index (Phi) is 6.06. The van der Waals surface area contributed by atoms with Gasteiger partial charge in [-0.05, 0) is 62.4 Å². The van der Waals surface area contributed by atoms with Gasteiger partial charge in [0.25, 0.3) is 0 Å². The molecule has 0 saturated carbocycles. The van der Waals surface area contributed by atoms with E-state index in [1.165, 1.54) is 12.1 Å². The first-order chi connectivity index (χ1) is 15.7. The van der Waals surface area contributed by atoms with E-state index in [4.69, 9.17) is 4.52 Å². The molecule has 4 rings (SSSR count). The molecule has 1 N–H and O–H groups in total. The molecule has 0 aliphatic carbocycles. The fraction of sp³-hybridized carbons (Fsp3) is 0.125. The first-order valence-corrected chi connectivity index (χ1v) is 11.6. The second kappa shape index (κ2) is 8.81. The molecule has 9 heteroatoms. The molecular weight excluding hydrogens is 447 g/mol. The van der Waals surface area contributed by atoms with E-state index in [1.54, 1.807) is 60.7 Å². The summed E-state index contributed by atoms with van der Waals surface area (Å²) >= 11 is 0. The van der Waals surface area contributed by atoms with Gasteiger partial charge in [-0.25, -0.2) is 9.55 Å². The molecule has 33 heavy (non-hydrogen) atoms. The zero-order chi connectivity index (χ0) is 23.6. The number of halogens is 2. The Morgan fingerprint density at radius 2 is 1.48 bits per heavy atom. The van der Waals surface area contributed by atoms with Gasteiger partial charge in [-0.3, -0.25) is 4.98 Å². The largest absolute Gasteiger partial charge is 0.426 e. The van der Waals surface area contributed by atoms with Crippen LogP contribution in [0.15, 0.2) is 78.9 Å². The highest BCUT2D eigenvalue weighted by Crippen LogP contribution is 2.41.